The zero-order valence-electron chi connectivity index (χ0n) is 7.40. The number of nitrogens with zero attached hydrogens (tertiary/aromatic N) is 1. The minimum Gasteiger partial charge on any atom is -0.344 e. The Morgan fingerprint density at radius 2 is 2.14 bits per heavy atom. The highest BCUT2D eigenvalue weighted by Gasteiger charge is 2.06. The lowest BCUT2D eigenvalue weighted by atomic mass is 10.2. The molecular formula is C11H8N2S. The minimum absolute atomic E-state index is 0.955. The van der Waals surface area contributed by atoms with Crippen LogP contribution < -0.4 is 0 Å². The van der Waals surface area contributed by atoms with Crippen LogP contribution in [0.4, 0.5) is 0 Å². The lowest BCUT2D eigenvalue weighted by Crippen LogP contribution is -1.75. The van der Waals surface area contributed by atoms with Gasteiger partial charge >= 0.3 is 0 Å². The van der Waals surface area contributed by atoms with Crippen LogP contribution in [-0.4, -0.2) is 9.97 Å². The highest BCUT2D eigenvalue weighted by atomic mass is 32.1. The standard InChI is InChI=1S/C11H8N2S/c1-2-4-9-8(3-1)7-14-10(9)11-12-5-6-13-11/h1-7H,(H,12,13). The molecule has 0 spiro atoms. The quantitative estimate of drug-likeness (QED) is 0.641. The molecular weight excluding hydrogens is 192 g/mol. The van der Waals surface area contributed by atoms with Crippen molar-refractivity contribution >= 4 is 22.1 Å². The fourth-order valence-electron chi connectivity index (χ4n) is 1.57. The Morgan fingerprint density at radius 1 is 1.21 bits per heavy atom. The summed E-state index contributed by atoms with van der Waals surface area (Å²) in [5.41, 5.74) is 0. The predicted octanol–water partition coefficient (Wildman–Crippen LogP) is 3.29. The zero-order chi connectivity index (χ0) is 9.38. The molecule has 3 aromatic rings. The lowest BCUT2D eigenvalue weighted by molar-refractivity contribution is 1.33. The van der Waals surface area contributed by atoms with Crippen molar-refractivity contribution in [1.29, 1.82) is 0 Å². The van der Waals surface area contributed by atoms with Crippen LogP contribution in [0.25, 0.3) is 21.5 Å². The number of benzene rings is 1. The summed E-state index contributed by atoms with van der Waals surface area (Å²) in [5, 5.41) is 4.71. The van der Waals surface area contributed by atoms with E-state index in [-0.39, 0.29) is 0 Å². The van der Waals surface area contributed by atoms with Crippen molar-refractivity contribution in [1.82, 2.24) is 9.97 Å². The van der Waals surface area contributed by atoms with Gasteiger partial charge in [-0.1, -0.05) is 24.3 Å². The third kappa shape index (κ3) is 1.06. The average Bonchev–Trinajstić information content (AvgIpc) is 2.85. The van der Waals surface area contributed by atoms with Gasteiger partial charge in [0.05, 0.1) is 4.88 Å². The number of hydrogen-bond donors (Lipinski definition) is 1. The molecule has 1 N–H and O–H groups in total. The molecule has 3 heteroatoms. The van der Waals surface area contributed by atoms with Gasteiger partial charge in [0, 0.05) is 17.8 Å². The van der Waals surface area contributed by atoms with E-state index in [1.165, 1.54) is 15.6 Å². The molecule has 0 bridgehead atoms. The van der Waals surface area contributed by atoms with Crippen molar-refractivity contribution in [3.8, 4) is 10.7 Å². The third-order valence-corrected chi connectivity index (χ3v) is 3.24. The fraction of sp³-hybridized carbons (Fsp3) is 0. The van der Waals surface area contributed by atoms with Gasteiger partial charge in [-0.05, 0) is 10.8 Å². The van der Waals surface area contributed by atoms with Crippen LogP contribution in [0.15, 0.2) is 42.0 Å². The Labute approximate surface area is 85.2 Å². The molecule has 0 saturated heterocycles. The number of H-pyrrole nitrogens is 1. The molecule has 0 aliphatic heterocycles. The largest absolute Gasteiger partial charge is 0.344 e. The lowest BCUT2D eigenvalue weighted by Gasteiger charge is -1.92. The van der Waals surface area contributed by atoms with E-state index in [0.29, 0.717) is 0 Å². The Balaban J connectivity index is 2.33. The van der Waals surface area contributed by atoms with Crippen LogP contribution in [0.3, 0.4) is 0 Å². The predicted molar refractivity (Wildman–Crippen MR) is 59.4 cm³/mol. The molecule has 0 aliphatic rings. The van der Waals surface area contributed by atoms with E-state index in [0.717, 1.165) is 5.82 Å². The smallest absolute Gasteiger partial charge is 0.148 e. The van der Waals surface area contributed by atoms with Crippen molar-refractivity contribution in [3.63, 3.8) is 0 Å². The maximum Gasteiger partial charge on any atom is 0.148 e. The van der Waals surface area contributed by atoms with Gasteiger partial charge in [0.2, 0.25) is 0 Å². The Hall–Kier alpha value is -1.61. The second kappa shape index (κ2) is 2.96. The van der Waals surface area contributed by atoms with Gasteiger partial charge in [-0.15, -0.1) is 11.3 Å². The van der Waals surface area contributed by atoms with Crippen molar-refractivity contribution in [3.05, 3.63) is 42.0 Å². The van der Waals surface area contributed by atoms with E-state index in [1.807, 2.05) is 6.20 Å². The van der Waals surface area contributed by atoms with E-state index in [2.05, 4.69) is 39.6 Å². The number of thiophene rings is 1. The number of nitrogens with one attached hydrogen (secondary N) is 1. The van der Waals surface area contributed by atoms with Gasteiger partial charge in [-0.3, -0.25) is 0 Å². The Morgan fingerprint density at radius 3 is 3.00 bits per heavy atom. The number of rotatable bonds is 1. The van der Waals surface area contributed by atoms with Gasteiger partial charge in [-0.2, -0.15) is 0 Å². The van der Waals surface area contributed by atoms with Gasteiger partial charge < -0.3 is 4.98 Å². The SMILES string of the molecule is c1ccc2c(-c3ncc[nH]3)scc2c1. The fourth-order valence-corrected chi connectivity index (χ4v) is 2.55. The first kappa shape index (κ1) is 7.76. The van der Waals surface area contributed by atoms with E-state index in [1.54, 1.807) is 17.5 Å². The first-order valence-corrected chi connectivity index (χ1v) is 5.29. The summed E-state index contributed by atoms with van der Waals surface area (Å²) in [6.45, 7) is 0. The van der Waals surface area contributed by atoms with Gasteiger partial charge in [-0.25, -0.2) is 4.98 Å². The molecule has 2 aromatic heterocycles. The molecule has 0 radical (unpaired) electrons. The molecule has 0 unspecified atom stereocenters. The Kier molecular flexibility index (Phi) is 1.64. The molecule has 68 valence electrons. The van der Waals surface area contributed by atoms with Crippen LogP contribution in [0, 0.1) is 0 Å². The average molecular weight is 200 g/mol. The number of imidazole rings is 1. The van der Waals surface area contributed by atoms with E-state index in [9.17, 15) is 0 Å². The summed E-state index contributed by atoms with van der Waals surface area (Å²) in [4.78, 5) is 8.61. The maximum absolute atomic E-state index is 4.26. The molecule has 14 heavy (non-hydrogen) atoms. The highest BCUT2D eigenvalue weighted by Crippen LogP contribution is 2.32. The van der Waals surface area contributed by atoms with Crippen LogP contribution in [0.1, 0.15) is 0 Å². The minimum atomic E-state index is 0.955. The molecule has 1 aromatic carbocycles. The topological polar surface area (TPSA) is 28.7 Å². The number of fused-ring (bicyclic) bond motifs is 1. The molecule has 0 saturated carbocycles. The van der Waals surface area contributed by atoms with Crippen molar-refractivity contribution < 1.29 is 0 Å². The van der Waals surface area contributed by atoms with Crippen LogP contribution in [0.5, 0.6) is 0 Å². The summed E-state index contributed by atoms with van der Waals surface area (Å²) in [7, 11) is 0. The summed E-state index contributed by atoms with van der Waals surface area (Å²) in [6.07, 6.45) is 3.63. The molecule has 0 fully saturated rings. The van der Waals surface area contributed by atoms with Crippen molar-refractivity contribution in [2.45, 2.75) is 0 Å². The second-order valence-corrected chi connectivity index (χ2v) is 3.97. The van der Waals surface area contributed by atoms with Crippen molar-refractivity contribution in [2.75, 3.05) is 0 Å². The molecule has 0 amide bonds. The Bertz CT molecular complexity index is 551. The van der Waals surface area contributed by atoms with E-state index >= 15 is 0 Å². The van der Waals surface area contributed by atoms with E-state index < -0.39 is 0 Å². The number of hydrogen-bond acceptors (Lipinski definition) is 2. The number of aromatic nitrogens is 2. The second-order valence-electron chi connectivity index (χ2n) is 3.09. The maximum atomic E-state index is 4.26. The summed E-state index contributed by atoms with van der Waals surface area (Å²) in [5.74, 6) is 0.955. The van der Waals surface area contributed by atoms with Crippen LogP contribution >= 0.6 is 11.3 Å². The zero-order valence-corrected chi connectivity index (χ0v) is 8.21. The summed E-state index contributed by atoms with van der Waals surface area (Å²) >= 11 is 1.73. The van der Waals surface area contributed by atoms with Crippen molar-refractivity contribution in [2.24, 2.45) is 0 Å². The normalized spacial score (nSPS) is 10.9. The molecule has 0 aliphatic carbocycles. The summed E-state index contributed by atoms with van der Waals surface area (Å²) < 4.78 is 0. The van der Waals surface area contributed by atoms with Crippen LogP contribution in [0.2, 0.25) is 0 Å². The van der Waals surface area contributed by atoms with Gasteiger partial charge in [0.15, 0.2) is 0 Å². The van der Waals surface area contributed by atoms with E-state index in [4.69, 9.17) is 0 Å². The molecule has 0 atom stereocenters. The van der Waals surface area contributed by atoms with Crippen LogP contribution in [-0.2, 0) is 0 Å². The van der Waals surface area contributed by atoms with Gasteiger partial charge in [0.25, 0.3) is 0 Å². The molecule has 3 rings (SSSR count). The molecule has 2 heterocycles. The summed E-state index contributed by atoms with van der Waals surface area (Å²) in [6, 6.07) is 8.37. The monoisotopic (exact) mass is 200 g/mol. The first-order valence-electron chi connectivity index (χ1n) is 4.41. The highest BCUT2D eigenvalue weighted by molar-refractivity contribution is 7.15. The van der Waals surface area contributed by atoms with Gasteiger partial charge in [0.1, 0.15) is 5.82 Å². The third-order valence-electron chi connectivity index (χ3n) is 2.22. The molecule has 2 nitrogen and oxygen atoms in total. The number of aromatic amines is 1. The first-order chi connectivity index (χ1) is 6.95.